The molecule has 1 fully saturated rings. The number of benzene rings is 2. The molecule has 1 saturated heterocycles. The number of anilines is 2. The molecule has 0 atom stereocenters. The summed E-state index contributed by atoms with van der Waals surface area (Å²) >= 11 is 0. The van der Waals surface area contributed by atoms with Crippen LogP contribution in [0.2, 0.25) is 0 Å². The Hall–Kier alpha value is -3.24. The van der Waals surface area contributed by atoms with E-state index in [4.69, 9.17) is 9.47 Å². The first-order valence-electron chi connectivity index (χ1n) is 10.0. The fourth-order valence-electron chi connectivity index (χ4n) is 3.56. The van der Waals surface area contributed by atoms with E-state index in [1.807, 2.05) is 0 Å². The third-order valence-electron chi connectivity index (χ3n) is 5.17. The van der Waals surface area contributed by atoms with E-state index in [1.165, 1.54) is 28.1 Å². The van der Waals surface area contributed by atoms with Gasteiger partial charge in [0, 0.05) is 25.0 Å². The summed E-state index contributed by atoms with van der Waals surface area (Å²) in [6, 6.07) is 9.48. The summed E-state index contributed by atoms with van der Waals surface area (Å²) in [7, 11) is -4.17. The first-order chi connectivity index (χ1) is 15.3. The Labute approximate surface area is 184 Å². The molecule has 2 aliphatic heterocycles. The van der Waals surface area contributed by atoms with Gasteiger partial charge in [0.15, 0.2) is 4.91 Å². The quantitative estimate of drug-likeness (QED) is 0.512. The number of nitrogens with zero attached hydrogens (tertiary/aromatic N) is 2. The summed E-state index contributed by atoms with van der Waals surface area (Å²) in [5, 5.41) is 0. The maximum Gasteiger partial charge on any atom is 0.338 e. The van der Waals surface area contributed by atoms with Crippen LogP contribution in [0.5, 0.6) is 0 Å². The first kappa shape index (κ1) is 22.0. The van der Waals surface area contributed by atoms with E-state index < -0.39 is 32.4 Å². The Morgan fingerprint density at radius 2 is 1.78 bits per heavy atom. The number of fused-ring (bicyclic) bond motifs is 1. The smallest absolute Gasteiger partial charge is 0.338 e. The van der Waals surface area contributed by atoms with Gasteiger partial charge in [0.2, 0.25) is 9.84 Å². The molecule has 168 valence electrons. The van der Waals surface area contributed by atoms with Crippen molar-refractivity contribution >= 4 is 33.1 Å². The topological polar surface area (TPSA) is 93.2 Å². The van der Waals surface area contributed by atoms with Crippen LogP contribution in [-0.2, 0) is 24.1 Å². The van der Waals surface area contributed by atoms with Crippen LogP contribution in [0, 0.1) is 5.82 Å². The number of morpholine rings is 1. The highest BCUT2D eigenvalue weighted by atomic mass is 32.2. The van der Waals surface area contributed by atoms with E-state index in [9.17, 15) is 22.4 Å². The van der Waals surface area contributed by atoms with Gasteiger partial charge in [0.05, 0.1) is 36.0 Å². The van der Waals surface area contributed by atoms with Crippen LogP contribution < -0.4 is 4.90 Å². The molecular formula is C22H21FN2O6S. The number of amides is 1. The lowest BCUT2D eigenvalue weighted by atomic mass is 10.1. The standard InChI is InChI=1S/C22H21FN2O6S/c1-2-31-22(27)15-3-6-17(7-4-15)25-14-20(21(26)24-9-11-30-12-10-24)32(28,29)19-8-5-16(23)13-18(19)25/h3-8,13-14H,2,9-12H2,1H3. The number of halogens is 1. The Kier molecular flexibility index (Phi) is 5.98. The Morgan fingerprint density at radius 1 is 1.09 bits per heavy atom. The first-order valence-corrected chi connectivity index (χ1v) is 11.5. The molecule has 0 radical (unpaired) electrons. The summed E-state index contributed by atoms with van der Waals surface area (Å²) in [6.45, 7) is 3.11. The van der Waals surface area contributed by atoms with Crippen molar-refractivity contribution in [3.8, 4) is 0 Å². The molecule has 2 aromatic rings. The fourth-order valence-corrected chi connectivity index (χ4v) is 5.08. The third kappa shape index (κ3) is 3.98. The number of ether oxygens (including phenoxy) is 2. The van der Waals surface area contributed by atoms with Crippen molar-refractivity contribution < 1.29 is 31.9 Å². The Balaban J connectivity index is 1.80. The predicted molar refractivity (Wildman–Crippen MR) is 114 cm³/mol. The molecular weight excluding hydrogens is 439 g/mol. The Bertz CT molecular complexity index is 1190. The molecule has 1 amide bonds. The summed E-state index contributed by atoms with van der Waals surface area (Å²) in [5.74, 6) is -1.76. The van der Waals surface area contributed by atoms with Crippen LogP contribution in [0.3, 0.4) is 0 Å². The van der Waals surface area contributed by atoms with E-state index in [1.54, 1.807) is 19.1 Å². The van der Waals surface area contributed by atoms with Crippen molar-refractivity contribution in [2.24, 2.45) is 0 Å². The zero-order valence-electron chi connectivity index (χ0n) is 17.3. The normalized spacial score (nSPS) is 17.4. The molecule has 10 heteroatoms. The number of rotatable bonds is 4. The van der Waals surface area contributed by atoms with Gasteiger partial charge >= 0.3 is 5.97 Å². The number of carbonyl (C=O) groups is 2. The SMILES string of the molecule is CCOC(=O)c1ccc(N2C=C(C(=O)N3CCOCC3)S(=O)(=O)c3ccc(F)cc32)cc1. The molecule has 4 rings (SSSR count). The molecule has 0 N–H and O–H groups in total. The van der Waals surface area contributed by atoms with Gasteiger partial charge in [0.25, 0.3) is 5.91 Å². The molecule has 0 aliphatic carbocycles. The van der Waals surface area contributed by atoms with Crippen LogP contribution in [0.25, 0.3) is 0 Å². The number of esters is 1. The van der Waals surface area contributed by atoms with Crippen molar-refractivity contribution in [3.63, 3.8) is 0 Å². The molecule has 0 aromatic heterocycles. The Morgan fingerprint density at radius 3 is 2.44 bits per heavy atom. The largest absolute Gasteiger partial charge is 0.462 e. The highest BCUT2D eigenvalue weighted by Crippen LogP contribution is 2.40. The molecule has 0 saturated carbocycles. The molecule has 0 unspecified atom stereocenters. The van der Waals surface area contributed by atoms with Crippen molar-refractivity contribution in [1.29, 1.82) is 0 Å². The van der Waals surface area contributed by atoms with Crippen LogP contribution in [0.15, 0.2) is 58.5 Å². The van der Waals surface area contributed by atoms with Gasteiger partial charge in [-0.25, -0.2) is 17.6 Å². The van der Waals surface area contributed by atoms with Gasteiger partial charge in [0.1, 0.15) is 5.82 Å². The number of sulfone groups is 1. The zero-order valence-corrected chi connectivity index (χ0v) is 18.1. The van der Waals surface area contributed by atoms with Crippen molar-refractivity contribution in [2.45, 2.75) is 11.8 Å². The van der Waals surface area contributed by atoms with E-state index in [2.05, 4.69) is 0 Å². The zero-order chi connectivity index (χ0) is 22.9. The summed E-state index contributed by atoms with van der Waals surface area (Å²) in [6.07, 6.45) is 1.20. The van der Waals surface area contributed by atoms with Gasteiger partial charge in [-0.05, 0) is 49.4 Å². The van der Waals surface area contributed by atoms with Gasteiger partial charge in [-0.1, -0.05) is 0 Å². The lowest BCUT2D eigenvalue weighted by Gasteiger charge is -2.32. The summed E-state index contributed by atoms with van der Waals surface area (Å²) in [4.78, 5) is 27.3. The van der Waals surface area contributed by atoms with Crippen LogP contribution in [-0.4, -0.2) is 58.1 Å². The van der Waals surface area contributed by atoms with Crippen LogP contribution >= 0.6 is 0 Å². The average Bonchev–Trinajstić information content (AvgIpc) is 2.79. The van der Waals surface area contributed by atoms with E-state index >= 15 is 0 Å². The molecule has 2 aliphatic rings. The number of hydrogen-bond donors (Lipinski definition) is 0. The minimum absolute atomic E-state index is 0.0763. The fraction of sp³-hybridized carbons (Fsp3) is 0.273. The lowest BCUT2D eigenvalue weighted by Crippen LogP contribution is -2.43. The van der Waals surface area contributed by atoms with Crippen molar-refractivity contribution in [3.05, 3.63) is 65.0 Å². The summed E-state index contributed by atoms with van der Waals surface area (Å²) in [5.41, 5.74) is 0.841. The molecule has 32 heavy (non-hydrogen) atoms. The van der Waals surface area contributed by atoms with Gasteiger partial charge in [-0.3, -0.25) is 4.79 Å². The monoisotopic (exact) mass is 460 g/mol. The van der Waals surface area contributed by atoms with Crippen molar-refractivity contribution in [2.75, 3.05) is 37.8 Å². The van der Waals surface area contributed by atoms with Crippen LogP contribution in [0.4, 0.5) is 15.8 Å². The number of hydrogen-bond acceptors (Lipinski definition) is 7. The molecule has 0 spiro atoms. The van der Waals surface area contributed by atoms with E-state index in [-0.39, 0.29) is 30.3 Å². The predicted octanol–water partition coefficient (Wildman–Crippen LogP) is 2.63. The minimum atomic E-state index is -4.17. The minimum Gasteiger partial charge on any atom is -0.462 e. The summed E-state index contributed by atoms with van der Waals surface area (Å²) < 4.78 is 50.7. The maximum atomic E-state index is 14.0. The van der Waals surface area contributed by atoms with E-state index in [0.717, 1.165) is 18.2 Å². The van der Waals surface area contributed by atoms with Crippen LogP contribution in [0.1, 0.15) is 17.3 Å². The molecule has 8 nitrogen and oxygen atoms in total. The molecule has 0 bridgehead atoms. The highest BCUT2D eigenvalue weighted by Gasteiger charge is 2.38. The molecule has 2 heterocycles. The molecule has 2 aromatic carbocycles. The van der Waals surface area contributed by atoms with Gasteiger partial charge in [-0.2, -0.15) is 0 Å². The second-order valence-electron chi connectivity index (χ2n) is 7.15. The van der Waals surface area contributed by atoms with Gasteiger partial charge in [-0.15, -0.1) is 0 Å². The van der Waals surface area contributed by atoms with E-state index in [0.29, 0.717) is 24.5 Å². The lowest BCUT2D eigenvalue weighted by molar-refractivity contribution is -0.130. The van der Waals surface area contributed by atoms with Gasteiger partial charge < -0.3 is 19.3 Å². The average molecular weight is 460 g/mol. The highest BCUT2D eigenvalue weighted by molar-refractivity contribution is 7.96. The second kappa shape index (κ2) is 8.71. The third-order valence-corrected chi connectivity index (χ3v) is 6.95. The van der Waals surface area contributed by atoms with Crippen molar-refractivity contribution in [1.82, 2.24) is 4.90 Å². The number of carbonyl (C=O) groups excluding carboxylic acids is 2. The maximum absolute atomic E-state index is 14.0. The second-order valence-corrected chi connectivity index (χ2v) is 9.04.